The first-order chi connectivity index (χ1) is 9.32. The lowest BCUT2D eigenvalue weighted by atomic mass is 10.2. The van der Waals surface area contributed by atoms with Crippen LogP contribution in [0.15, 0.2) is 35.9 Å². The third-order valence-electron chi connectivity index (χ3n) is 1.50. The molecule has 0 bridgehead atoms. The van der Waals surface area contributed by atoms with Crippen molar-refractivity contribution >= 4 is 23.3 Å². The molecule has 1 aromatic rings. The quantitative estimate of drug-likeness (QED) is 0.480. The van der Waals surface area contributed by atoms with Gasteiger partial charge in [-0.05, 0) is 12.1 Å². The topological polar surface area (TPSA) is 111 Å². The molecule has 17 heavy (non-hydrogen) atoms. The number of allylic oxidation sites excluding steroid dienone is 1. The first kappa shape index (κ1) is 8.39. The van der Waals surface area contributed by atoms with E-state index in [9.17, 15) is 20.2 Å². The predicted octanol–water partition coefficient (Wildman–Crippen LogP) is 2.09. The molecule has 0 aliphatic heterocycles. The lowest BCUT2D eigenvalue weighted by molar-refractivity contribution is -0.393. The van der Waals surface area contributed by atoms with Crippen LogP contribution in [0.3, 0.4) is 0 Å². The summed E-state index contributed by atoms with van der Waals surface area (Å²) in [4.78, 5) is 19.5. The number of hydrazone groups is 1. The second kappa shape index (κ2) is 5.35. The number of nitrogens with zero attached hydrogens (tertiary/aromatic N) is 3. The third-order valence-corrected chi connectivity index (χ3v) is 1.50. The molecule has 0 aromatic heterocycles. The number of hydrogen-bond donors (Lipinski definition) is 1. The molecule has 8 nitrogen and oxygen atoms in total. The van der Waals surface area contributed by atoms with E-state index < -0.39 is 45.0 Å². The molecule has 8 heteroatoms. The van der Waals surface area contributed by atoms with E-state index in [1.165, 1.54) is 6.08 Å². The van der Waals surface area contributed by atoms with E-state index in [-0.39, 0.29) is 0 Å². The highest BCUT2D eigenvalue weighted by Crippen LogP contribution is 2.28. The lowest BCUT2D eigenvalue weighted by Gasteiger charge is -2.01. The molecule has 0 unspecified atom stereocenters. The molecule has 0 spiro atoms. The summed E-state index contributed by atoms with van der Waals surface area (Å²) in [6.45, 7) is 3.31. The summed E-state index contributed by atoms with van der Waals surface area (Å²) in [5.41, 5.74) is -0.528. The molecule has 1 rings (SSSR count). The largest absolute Gasteiger partial charge is 0.301 e. The summed E-state index contributed by atoms with van der Waals surface area (Å²) < 4.78 is 22.5. The van der Waals surface area contributed by atoms with Gasteiger partial charge in [-0.3, -0.25) is 25.7 Å². The maximum Gasteiger partial charge on any atom is 0.301 e. The van der Waals surface area contributed by atoms with Crippen LogP contribution in [0.1, 0.15) is 4.11 Å². The van der Waals surface area contributed by atoms with E-state index in [1.807, 2.05) is 0 Å². The van der Waals surface area contributed by atoms with Crippen molar-refractivity contribution < 1.29 is 14.0 Å². The van der Waals surface area contributed by atoms with Gasteiger partial charge in [0.25, 0.3) is 5.69 Å². The minimum absolute atomic E-state index is 0.561. The third kappa shape index (κ3) is 3.09. The predicted molar refractivity (Wildman–Crippen MR) is 62.1 cm³/mol. The molecule has 0 saturated carbocycles. The van der Waals surface area contributed by atoms with Crippen LogP contribution in [0.2, 0.25) is 0 Å². The van der Waals surface area contributed by atoms with Gasteiger partial charge in [-0.2, -0.15) is 5.10 Å². The first-order valence-corrected chi connectivity index (χ1v) is 4.15. The zero-order valence-corrected chi connectivity index (χ0v) is 8.34. The lowest BCUT2D eigenvalue weighted by Crippen LogP contribution is -1.98. The number of nitro benzene ring substituents is 2. The Hall–Kier alpha value is -2.77. The number of anilines is 1. The van der Waals surface area contributed by atoms with Crippen LogP contribution in [-0.2, 0) is 0 Å². The van der Waals surface area contributed by atoms with E-state index in [2.05, 4.69) is 17.1 Å². The van der Waals surface area contributed by atoms with Crippen LogP contribution in [0.25, 0.3) is 0 Å². The molecular weight excluding hydrogens is 228 g/mol. The van der Waals surface area contributed by atoms with Crippen LogP contribution < -0.4 is 5.43 Å². The monoisotopic (exact) mass is 239 g/mol. The van der Waals surface area contributed by atoms with Crippen LogP contribution in [0.4, 0.5) is 17.1 Å². The smallest absolute Gasteiger partial charge is 0.272 e. The fraction of sp³-hybridized carbons (Fsp3) is 0. The zero-order valence-electron chi connectivity index (χ0n) is 11.3. The van der Waals surface area contributed by atoms with Gasteiger partial charge in [0.1, 0.15) is 5.69 Å². The normalized spacial score (nSPS) is 12.6. The Labute approximate surface area is 99.8 Å². The van der Waals surface area contributed by atoms with Crippen molar-refractivity contribution in [3.8, 4) is 0 Å². The summed E-state index contributed by atoms with van der Waals surface area (Å²) in [5, 5.41) is 25.1. The second-order valence-corrected chi connectivity index (χ2v) is 2.59. The number of rotatable bonds is 5. The Morgan fingerprint density at radius 2 is 2.12 bits per heavy atom. The molecule has 0 radical (unpaired) electrons. The van der Waals surface area contributed by atoms with E-state index in [4.69, 9.17) is 4.11 Å². The Morgan fingerprint density at radius 1 is 1.41 bits per heavy atom. The zero-order chi connectivity index (χ0) is 15.4. The van der Waals surface area contributed by atoms with E-state index >= 15 is 0 Å². The highest BCUT2D eigenvalue weighted by molar-refractivity contribution is 5.72. The summed E-state index contributed by atoms with van der Waals surface area (Å²) in [6.07, 6.45) is 2.37. The molecule has 0 aliphatic rings. The van der Waals surface area contributed by atoms with Gasteiger partial charge in [0, 0.05) is 12.3 Å². The molecule has 0 saturated heterocycles. The Morgan fingerprint density at radius 3 is 2.65 bits per heavy atom. The van der Waals surface area contributed by atoms with Crippen LogP contribution in [0.5, 0.6) is 0 Å². The van der Waals surface area contributed by atoms with Crippen molar-refractivity contribution in [2.24, 2.45) is 5.10 Å². The van der Waals surface area contributed by atoms with Gasteiger partial charge in [-0.1, -0.05) is 6.58 Å². The first-order valence-electron chi connectivity index (χ1n) is 5.65. The molecule has 0 amide bonds. The number of nitrogens with one attached hydrogen (secondary N) is 1. The van der Waals surface area contributed by atoms with E-state index in [0.29, 0.717) is 0 Å². The molecule has 1 N–H and O–H groups in total. The van der Waals surface area contributed by atoms with Crippen molar-refractivity contribution in [3.05, 3.63) is 51.0 Å². The van der Waals surface area contributed by atoms with Crippen molar-refractivity contribution in [1.29, 1.82) is 0 Å². The Kier molecular flexibility index (Phi) is 2.64. The molecule has 0 aliphatic carbocycles. The molecule has 1 aromatic carbocycles. The molecular formula is C9H8N4O4. The molecule has 0 fully saturated rings. The maximum absolute atomic E-state index is 10.9. The van der Waals surface area contributed by atoms with Gasteiger partial charge in [0.2, 0.25) is 0 Å². The highest BCUT2D eigenvalue weighted by atomic mass is 16.6. The standard InChI is InChI=1S/C9H8N4O4/c1-2-5-10-11-8-4-3-7(12(14)15)6-9(8)13(16)17/h2-6,11H,1H2/b10-5+/i3D,4D,6D. The number of hydrogen-bond acceptors (Lipinski definition) is 6. The van der Waals surface area contributed by atoms with E-state index in [1.54, 1.807) is 0 Å². The molecule has 0 atom stereocenters. The summed E-state index contributed by atoms with van der Waals surface area (Å²) >= 11 is 0. The van der Waals surface area contributed by atoms with E-state index in [0.717, 1.165) is 6.21 Å². The SMILES string of the molecule is [2H]c1c([2H])c([N+](=O)[O-])c([2H])c([N+](=O)[O-])c1N/N=C/C=C. The van der Waals surface area contributed by atoms with Crippen molar-refractivity contribution in [2.45, 2.75) is 0 Å². The average Bonchev–Trinajstić information content (AvgIpc) is 2.34. The fourth-order valence-electron chi connectivity index (χ4n) is 0.850. The van der Waals surface area contributed by atoms with Gasteiger partial charge < -0.3 is 0 Å². The summed E-state index contributed by atoms with van der Waals surface area (Å²) in [6, 6.07) is -2.75. The summed E-state index contributed by atoms with van der Waals surface area (Å²) in [5.74, 6) is 0. The Balaban J connectivity index is 3.66. The minimum Gasteiger partial charge on any atom is -0.272 e. The van der Waals surface area contributed by atoms with Gasteiger partial charge in [0.05, 0.1) is 20.0 Å². The summed E-state index contributed by atoms with van der Waals surface area (Å²) in [7, 11) is 0. The van der Waals surface area contributed by atoms with Crippen LogP contribution in [-0.4, -0.2) is 16.1 Å². The average molecular weight is 239 g/mol. The fourth-order valence-corrected chi connectivity index (χ4v) is 0.850. The van der Waals surface area contributed by atoms with Gasteiger partial charge in [-0.15, -0.1) is 0 Å². The van der Waals surface area contributed by atoms with Gasteiger partial charge >= 0.3 is 5.69 Å². The maximum atomic E-state index is 10.9. The molecule has 88 valence electrons. The van der Waals surface area contributed by atoms with Crippen molar-refractivity contribution in [2.75, 3.05) is 5.43 Å². The van der Waals surface area contributed by atoms with Gasteiger partial charge in [-0.25, -0.2) is 0 Å². The minimum atomic E-state index is -1.10. The highest BCUT2D eigenvalue weighted by Gasteiger charge is 2.18. The number of nitro groups is 2. The second-order valence-electron chi connectivity index (χ2n) is 2.59. The number of benzene rings is 1. The molecule has 0 heterocycles. The van der Waals surface area contributed by atoms with Crippen molar-refractivity contribution in [3.63, 3.8) is 0 Å². The van der Waals surface area contributed by atoms with Crippen LogP contribution in [0, 0.1) is 20.2 Å². The van der Waals surface area contributed by atoms with Crippen molar-refractivity contribution in [1.82, 2.24) is 0 Å². The Bertz CT molecular complexity index is 632. The van der Waals surface area contributed by atoms with Crippen LogP contribution >= 0.6 is 0 Å². The van der Waals surface area contributed by atoms with Gasteiger partial charge in [0.15, 0.2) is 0 Å².